The van der Waals surface area contributed by atoms with E-state index in [0.717, 1.165) is 43.9 Å². The van der Waals surface area contributed by atoms with Crippen molar-refractivity contribution in [3.63, 3.8) is 0 Å². The maximum Gasteiger partial charge on any atom is 0.260 e. The molecule has 25 heavy (non-hydrogen) atoms. The van der Waals surface area contributed by atoms with E-state index in [1.165, 1.54) is 11.3 Å². The minimum Gasteiger partial charge on any atom is -0.484 e. The van der Waals surface area contributed by atoms with Crippen molar-refractivity contribution in [2.45, 2.75) is 40.2 Å². The van der Waals surface area contributed by atoms with Gasteiger partial charge in [0.25, 0.3) is 5.91 Å². The second kappa shape index (κ2) is 7.72. The van der Waals surface area contributed by atoms with Crippen LogP contribution in [-0.2, 0) is 11.3 Å². The number of benzene rings is 1. The van der Waals surface area contributed by atoms with E-state index in [0.29, 0.717) is 5.92 Å². The average molecular weight is 341 g/mol. The Labute approximate surface area is 149 Å². The van der Waals surface area contributed by atoms with Gasteiger partial charge in [0, 0.05) is 25.3 Å². The van der Waals surface area contributed by atoms with Gasteiger partial charge in [-0.05, 0) is 57.7 Å². The molecule has 0 atom stereocenters. The molecule has 5 nitrogen and oxygen atoms in total. The molecule has 134 valence electrons. The Morgan fingerprint density at radius 2 is 1.84 bits per heavy atom. The summed E-state index contributed by atoms with van der Waals surface area (Å²) in [6.45, 7) is 8.83. The van der Waals surface area contributed by atoms with Gasteiger partial charge < -0.3 is 9.64 Å². The number of carbonyl (C=O) groups excluding carboxylic acids is 1. The minimum atomic E-state index is 0.0742. The highest BCUT2D eigenvalue weighted by Gasteiger charge is 2.23. The van der Waals surface area contributed by atoms with E-state index in [2.05, 4.69) is 22.8 Å². The minimum absolute atomic E-state index is 0.0742. The molecule has 1 amide bonds. The molecule has 1 aromatic carbocycles. The van der Waals surface area contributed by atoms with Crippen LogP contribution in [0.1, 0.15) is 29.8 Å². The van der Waals surface area contributed by atoms with Gasteiger partial charge in [0.15, 0.2) is 6.61 Å². The van der Waals surface area contributed by atoms with Gasteiger partial charge >= 0.3 is 0 Å². The molecule has 0 spiro atoms. The van der Waals surface area contributed by atoms with E-state index in [1.807, 2.05) is 43.0 Å². The van der Waals surface area contributed by atoms with Gasteiger partial charge in [-0.1, -0.05) is 17.7 Å². The summed E-state index contributed by atoms with van der Waals surface area (Å²) in [6.07, 6.45) is 2.04. The lowest BCUT2D eigenvalue weighted by Crippen LogP contribution is -2.41. The van der Waals surface area contributed by atoms with Gasteiger partial charge in [0.05, 0.1) is 5.69 Å². The van der Waals surface area contributed by atoms with Gasteiger partial charge in [-0.25, -0.2) is 0 Å². The lowest BCUT2D eigenvalue weighted by atomic mass is 9.97. The lowest BCUT2D eigenvalue weighted by Gasteiger charge is -2.32. The smallest absolute Gasteiger partial charge is 0.260 e. The number of rotatable bonds is 5. The van der Waals surface area contributed by atoms with Crippen molar-refractivity contribution < 1.29 is 9.53 Å². The third-order valence-corrected chi connectivity index (χ3v) is 4.89. The molecule has 0 radical (unpaired) electrons. The first kappa shape index (κ1) is 17.5. The Hall–Kier alpha value is -2.30. The molecule has 0 unspecified atom stereocenters. The first-order valence-electron chi connectivity index (χ1n) is 8.99. The van der Waals surface area contributed by atoms with Gasteiger partial charge in [0.2, 0.25) is 0 Å². The van der Waals surface area contributed by atoms with Crippen molar-refractivity contribution in [1.29, 1.82) is 0 Å². The molecule has 1 aromatic heterocycles. The molecule has 2 aromatic rings. The first-order valence-corrected chi connectivity index (χ1v) is 8.99. The van der Waals surface area contributed by atoms with Gasteiger partial charge in [-0.3, -0.25) is 9.48 Å². The predicted molar refractivity (Wildman–Crippen MR) is 97.7 cm³/mol. The van der Waals surface area contributed by atoms with Crippen LogP contribution in [0, 0.1) is 26.7 Å². The topological polar surface area (TPSA) is 47.4 Å². The molecular formula is C20H27N3O2. The van der Waals surface area contributed by atoms with Crippen LogP contribution in [-0.4, -0.2) is 40.3 Å². The number of carbonyl (C=O) groups is 1. The van der Waals surface area contributed by atoms with Crippen LogP contribution in [0.4, 0.5) is 0 Å². The maximum absolute atomic E-state index is 12.3. The molecule has 0 bridgehead atoms. The van der Waals surface area contributed by atoms with Crippen LogP contribution < -0.4 is 4.74 Å². The van der Waals surface area contributed by atoms with Crippen LogP contribution in [0.5, 0.6) is 5.75 Å². The number of likely N-dealkylation sites (tertiary alicyclic amines) is 1. The quantitative estimate of drug-likeness (QED) is 0.839. The monoisotopic (exact) mass is 341 g/mol. The van der Waals surface area contributed by atoms with Crippen molar-refractivity contribution in [1.82, 2.24) is 14.7 Å². The van der Waals surface area contributed by atoms with Crippen LogP contribution in [0.3, 0.4) is 0 Å². The molecule has 5 heteroatoms. The summed E-state index contributed by atoms with van der Waals surface area (Å²) in [5, 5.41) is 4.54. The fourth-order valence-electron chi connectivity index (χ4n) is 3.34. The fraction of sp³-hybridized carbons (Fsp3) is 0.500. The average Bonchev–Trinajstić information content (AvgIpc) is 2.92. The molecule has 1 aliphatic heterocycles. The number of ether oxygens (including phenoxy) is 1. The number of hydrogen-bond donors (Lipinski definition) is 0. The molecule has 1 fully saturated rings. The lowest BCUT2D eigenvalue weighted by molar-refractivity contribution is -0.134. The van der Waals surface area contributed by atoms with Crippen LogP contribution in [0.25, 0.3) is 0 Å². The SMILES string of the molecule is Cc1ccc(OCC(=O)N2CCC(Cn3nc(C)cc3C)CC2)cc1. The van der Waals surface area contributed by atoms with E-state index in [1.54, 1.807) is 0 Å². The summed E-state index contributed by atoms with van der Waals surface area (Å²) in [5.41, 5.74) is 3.46. The number of nitrogens with zero attached hydrogens (tertiary/aromatic N) is 3. The third kappa shape index (κ3) is 4.62. The number of piperidine rings is 1. The number of hydrogen-bond acceptors (Lipinski definition) is 3. The van der Waals surface area contributed by atoms with Crippen LogP contribution >= 0.6 is 0 Å². The first-order chi connectivity index (χ1) is 12.0. The number of aryl methyl sites for hydroxylation is 3. The van der Waals surface area contributed by atoms with E-state index in [9.17, 15) is 4.79 Å². The number of amides is 1. The van der Waals surface area contributed by atoms with E-state index in [-0.39, 0.29) is 12.5 Å². The van der Waals surface area contributed by atoms with Gasteiger partial charge in [-0.2, -0.15) is 5.10 Å². The summed E-state index contributed by atoms with van der Waals surface area (Å²) in [6, 6.07) is 9.90. The predicted octanol–water partition coefficient (Wildman–Crippen LogP) is 3.13. The third-order valence-electron chi connectivity index (χ3n) is 4.89. The summed E-state index contributed by atoms with van der Waals surface area (Å²) >= 11 is 0. The van der Waals surface area contributed by atoms with Gasteiger partial charge in [-0.15, -0.1) is 0 Å². The van der Waals surface area contributed by atoms with Crippen molar-refractivity contribution >= 4 is 5.91 Å². The van der Waals surface area contributed by atoms with E-state index in [4.69, 9.17) is 4.74 Å². The fourth-order valence-corrected chi connectivity index (χ4v) is 3.34. The van der Waals surface area contributed by atoms with Gasteiger partial charge in [0.1, 0.15) is 5.75 Å². The van der Waals surface area contributed by atoms with E-state index < -0.39 is 0 Å². The molecule has 0 saturated carbocycles. The normalized spacial score (nSPS) is 15.4. The van der Waals surface area contributed by atoms with Crippen molar-refractivity contribution in [3.8, 4) is 5.75 Å². The Morgan fingerprint density at radius 3 is 2.44 bits per heavy atom. The Balaban J connectivity index is 1.44. The van der Waals surface area contributed by atoms with Crippen LogP contribution in [0.2, 0.25) is 0 Å². The molecule has 0 aliphatic carbocycles. The highest BCUT2D eigenvalue weighted by molar-refractivity contribution is 5.77. The zero-order valence-electron chi connectivity index (χ0n) is 15.4. The Morgan fingerprint density at radius 1 is 1.16 bits per heavy atom. The zero-order valence-corrected chi connectivity index (χ0v) is 15.4. The highest BCUT2D eigenvalue weighted by Crippen LogP contribution is 2.20. The second-order valence-electron chi connectivity index (χ2n) is 7.04. The molecule has 1 aliphatic rings. The second-order valence-corrected chi connectivity index (χ2v) is 7.04. The zero-order chi connectivity index (χ0) is 17.8. The maximum atomic E-state index is 12.3. The summed E-state index contributed by atoms with van der Waals surface area (Å²) < 4.78 is 7.71. The van der Waals surface area contributed by atoms with Crippen LogP contribution in [0.15, 0.2) is 30.3 Å². The highest BCUT2D eigenvalue weighted by atomic mass is 16.5. The van der Waals surface area contributed by atoms with Crippen molar-refractivity contribution in [2.75, 3.05) is 19.7 Å². The molecular weight excluding hydrogens is 314 g/mol. The number of aromatic nitrogens is 2. The molecule has 3 rings (SSSR count). The van der Waals surface area contributed by atoms with E-state index >= 15 is 0 Å². The molecule has 0 N–H and O–H groups in total. The molecule has 1 saturated heterocycles. The summed E-state index contributed by atoms with van der Waals surface area (Å²) in [5.74, 6) is 1.41. The summed E-state index contributed by atoms with van der Waals surface area (Å²) in [7, 11) is 0. The van der Waals surface area contributed by atoms with Crippen molar-refractivity contribution in [2.24, 2.45) is 5.92 Å². The Kier molecular flexibility index (Phi) is 5.41. The molecule has 2 heterocycles. The van der Waals surface area contributed by atoms with Crippen molar-refractivity contribution in [3.05, 3.63) is 47.3 Å². The Bertz CT molecular complexity index is 713. The largest absolute Gasteiger partial charge is 0.484 e. The summed E-state index contributed by atoms with van der Waals surface area (Å²) in [4.78, 5) is 14.3. The standard InChI is InChI=1S/C20H27N3O2/c1-15-4-6-19(7-5-15)25-14-20(24)22-10-8-18(9-11-22)13-23-17(3)12-16(2)21-23/h4-7,12,18H,8-11,13-14H2,1-3H3.